The first-order chi connectivity index (χ1) is 11.1. The highest BCUT2D eigenvalue weighted by Crippen LogP contribution is 2.17. The number of nitro groups is 1. The van der Waals surface area contributed by atoms with Crippen LogP contribution in [0.5, 0.6) is 0 Å². The molecule has 0 bridgehead atoms. The highest BCUT2D eigenvalue weighted by molar-refractivity contribution is 7.09. The quantitative estimate of drug-likeness (QED) is 0.569. The molecule has 1 aromatic carbocycles. The van der Waals surface area contributed by atoms with Gasteiger partial charge in [-0.2, -0.15) is 0 Å². The molecule has 8 nitrogen and oxygen atoms in total. The van der Waals surface area contributed by atoms with E-state index in [4.69, 9.17) is 4.42 Å². The minimum atomic E-state index is -0.531. The Morgan fingerprint density at radius 2 is 2.04 bits per heavy atom. The fourth-order valence-corrected chi connectivity index (χ4v) is 2.54. The van der Waals surface area contributed by atoms with Crippen LogP contribution in [0.25, 0.3) is 0 Å². The van der Waals surface area contributed by atoms with E-state index in [1.807, 2.05) is 17.5 Å². The number of nitro benzene ring substituents is 1. The minimum Gasteiger partial charge on any atom is -0.407 e. The number of thiophene rings is 1. The highest BCUT2D eigenvalue weighted by Gasteiger charge is 2.13. The second-order valence-electron chi connectivity index (χ2n) is 4.52. The largest absolute Gasteiger partial charge is 0.407 e. The molecule has 0 aliphatic rings. The predicted molar refractivity (Wildman–Crippen MR) is 82.5 cm³/mol. The summed E-state index contributed by atoms with van der Waals surface area (Å²) in [5, 5.41) is 22.6. The molecule has 9 heteroatoms. The van der Waals surface area contributed by atoms with Crippen molar-refractivity contribution in [3.8, 4) is 0 Å². The standard InChI is InChI=1S/C14H10N4O4S/c19-13(9-3-5-10(6-4-9)18(20)21)15-14-17-16-12(22-14)8-11-2-1-7-23-11/h1-7H,8H2,(H,15,17,19). The maximum Gasteiger partial charge on any atom is 0.322 e. The fourth-order valence-electron chi connectivity index (χ4n) is 1.84. The third kappa shape index (κ3) is 3.58. The third-order valence-electron chi connectivity index (χ3n) is 2.93. The number of anilines is 1. The molecule has 116 valence electrons. The summed E-state index contributed by atoms with van der Waals surface area (Å²) in [6, 6.07) is 9.08. The van der Waals surface area contributed by atoms with E-state index < -0.39 is 10.8 Å². The Bertz CT molecular complexity index is 827. The van der Waals surface area contributed by atoms with Crippen molar-refractivity contribution in [3.63, 3.8) is 0 Å². The lowest BCUT2D eigenvalue weighted by molar-refractivity contribution is -0.384. The summed E-state index contributed by atoms with van der Waals surface area (Å²) in [6.07, 6.45) is 0.498. The first-order valence-electron chi connectivity index (χ1n) is 6.52. The Balaban J connectivity index is 1.65. The molecule has 0 aliphatic carbocycles. The number of hydrogen-bond donors (Lipinski definition) is 1. The number of amides is 1. The van der Waals surface area contributed by atoms with Gasteiger partial charge in [0.2, 0.25) is 5.89 Å². The van der Waals surface area contributed by atoms with Crippen molar-refractivity contribution in [3.05, 3.63) is 68.2 Å². The maximum absolute atomic E-state index is 12.0. The number of aromatic nitrogens is 2. The Kier molecular flexibility index (Phi) is 4.11. The van der Waals surface area contributed by atoms with Gasteiger partial charge < -0.3 is 4.42 Å². The molecule has 2 aromatic heterocycles. The van der Waals surface area contributed by atoms with Crippen LogP contribution in [0.15, 0.2) is 46.2 Å². The molecule has 3 aromatic rings. The predicted octanol–water partition coefficient (Wildman–Crippen LogP) is 2.88. The third-order valence-corrected chi connectivity index (χ3v) is 3.81. The Morgan fingerprint density at radius 3 is 2.70 bits per heavy atom. The molecular weight excluding hydrogens is 320 g/mol. The van der Waals surface area contributed by atoms with E-state index in [0.717, 1.165) is 4.88 Å². The number of nitrogens with one attached hydrogen (secondary N) is 1. The molecule has 0 spiro atoms. The Morgan fingerprint density at radius 1 is 1.26 bits per heavy atom. The summed E-state index contributed by atoms with van der Waals surface area (Å²) >= 11 is 1.57. The van der Waals surface area contributed by atoms with Crippen LogP contribution in [-0.4, -0.2) is 21.0 Å². The zero-order valence-electron chi connectivity index (χ0n) is 11.6. The Labute approximate surface area is 133 Å². The van der Waals surface area contributed by atoms with Crippen molar-refractivity contribution in [1.82, 2.24) is 10.2 Å². The molecule has 0 radical (unpaired) electrons. The van der Waals surface area contributed by atoms with Crippen LogP contribution < -0.4 is 5.32 Å². The van der Waals surface area contributed by atoms with Gasteiger partial charge in [0.05, 0.1) is 11.3 Å². The van der Waals surface area contributed by atoms with Gasteiger partial charge >= 0.3 is 6.01 Å². The first-order valence-corrected chi connectivity index (χ1v) is 7.40. The van der Waals surface area contributed by atoms with Crippen LogP contribution in [0.4, 0.5) is 11.7 Å². The van der Waals surface area contributed by atoms with E-state index in [1.165, 1.54) is 24.3 Å². The number of rotatable bonds is 5. The lowest BCUT2D eigenvalue weighted by Gasteiger charge is -2.00. The number of non-ortho nitro benzene ring substituents is 1. The number of nitrogens with zero attached hydrogens (tertiary/aromatic N) is 3. The van der Waals surface area contributed by atoms with Gasteiger partial charge in [0.1, 0.15) is 0 Å². The van der Waals surface area contributed by atoms with E-state index >= 15 is 0 Å². The van der Waals surface area contributed by atoms with Crippen molar-refractivity contribution >= 4 is 28.9 Å². The van der Waals surface area contributed by atoms with Crippen molar-refractivity contribution in [1.29, 1.82) is 0 Å². The second kappa shape index (κ2) is 6.36. The van der Waals surface area contributed by atoms with Crippen molar-refractivity contribution in [2.24, 2.45) is 0 Å². The summed E-state index contributed by atoms with van der Waals surface area (Å²) in [5.41, 5.74) is 0.172. The number of carbonyl (C=O) groups is 1. The molecule has 2 heterocycles. The molecular formula is C14H10N4O4S. The molecule has 23 heavy (non-hydrogen) atoms. The molecule has 0 fully saturated rings. The van der Waals surface area contributed by atoms with Crippen LogP contribution in [0.2, 0.25) is 0 Å². The van der Waals surface area contributed by atoms with Gasteiger partial charge in [-0.25, -0.2) is 0 Å². The molecule has 1 amide bonds. The Hall–Kier alpha value is -3.07. The number of carbonyl (C=O) groups excluding carboxylic acids is 1. The van der Waals surface area contributed by atoms with Crippen LogP contribution in [-0.2, 0) is 6.42 Å². The van der Waals surface area contributed by atoms with E-state index in [0.29, 0.717) is 12.3 Å². The fraction of sp³-hybridized carbons (Fsp3) is 0.0714. The first kappa shape index (κ1) is 14.9. The summed E-state index contributed by atoms with van der Waals surface area (Å²) in [4.78, 5) is 23.1. The van der Waals surface area contributed by atoms with E-state index in [9.17, 15) is 14.9 Å². The van der Waals surface area contributed by atoms with Gasteiger partial charge in [-0.15, -0.1) is 16.4 Å². The van der Waals surface area contributed by atoms with Gasteiger partial charge in [-0.1, -0.05) is 11.2 Å². The average molecular weight is 330 g/mol. The van der Waals surface area contributed by atoms with Gasteiger partial charge in [0, 0.05) is 22.6 Å². The van der Waals surface area contributed by atoms with Crippen molar-refractivity contribution < 1.29 is 14.1 Å². The topological polar surface area (TPSA) is 111 Å². The van der Waals surface area contributed by atoms with Gasteiger partial charge in [-0.05, 0) is 23.6 Å². The lowest BCUT2D eigenvalue weighted by atomic mass is 10.2. The molecule has 0 unspecified atom stereocenters. The van der Waals surface area contributed by atoms with Crippen LogP contribution >= 0.6 is 11.3 Å². The van der Waals surface area contributed by atoms with Gasteiger partial charge in [-0.3, -0.25) is 20.2 Å². The van der Waals surface area contributed by atoms with Crippen LogP contribution in [0, 0.1) is 10.1 Å². The maximum atomic E-state index is 12.0. The molecule has 0 atom stereocenters. The lowest BCUT2D eigenvalue weighted by Crippen LogP contribution is -2.12. The summed E-state index contributed by atoms with van der Waals surface area (Å²) in [6.45, 7) is 0. The van der Waals surface area contributed by atoms with E-state index in [1.54, 1.807) is 11.3 Å². The normalized spacial score (nSPS) is 10.4. The smallest absolute Gasteiger partial charge is 0.322 e. The second-order valence-corrected chi connectivity index (χ2v) is 5.55. The minimum absolute atomic E-state index is 0.0140. The number of hydrogen-bond acceptors (Lipinski definition) is 7. The average Bonchev–Trinajstić information content (AvgIpc) is 3.20. The summed E-state index contributed by atoms with van der Waals surface area (Å²) < 4.78 is 5.36. The summed E-state index contributed by atoms with van der Waals surface area (Å²) in [7, 11) is 0. The van der Waals surface area contributed by atoms with Crippen molar-refractivity contribution in [2.45, 2.75) is 6.42 Å². The van der Waals surface area contributed by atoms with E-state index in [2.05, 4.69) is 15.5 Å². The highest BCUT2D eigenvalue weighted by atomic mass is 32.1. The van der Waals surface area contributed by atoms with Crippen LogP contribution in [0.3, 0.4) is 0 Å². The zero-order valence-corrected chi connectivity index (χ0v) is 12.4. The zero-order chi connectivity index (χ0) is 16.2. The molecule has 0 saturated carbocycles. The monoisotopic (exact) mass is 330 g/mol. The number of benzene rings is 1. The van der Waals surface area contributed by atoms with Gasteiger partial charge in [0.15, 0.2) is 0 Å². The van der Waals surface area contributed by atoms with Crippen molar-refractivity contribution in [2.75, 3.05) is 5.32 Å². The SMILES string of the molecule is O=C(Nc1nnc(Cc2cccs2)o1)c1ccc([N+](=O)[O-])cc1. The molecule has 0 aliphatic heterocycles. The van der Waals surface area contributed by atoms with Crippen LogP contribution in [0.1, 0.15) is 21.1 Å². The molecule has 3 rings (SSSR count). The molecule has 0 saturated heterocycles. The van der Waals surface area contributed by atoms with E-state index in [-0.39, 0.29) is 17.3 Å². The summed E-state index contributed by atoms with van der Waals surface area (Å²) in [5.74, 6) is -0.0855. The van der Waals surface area contributed by atoms with Gasteiger partial charge in [0.25, 0.3) is 11.6 Å². The molecule has 1 N–H and O–H groups in total.